The quantitative estimate of drug-likeness (QED) is 0.548. The monoisotopic (exact) mass is 383 g/mol. The number of hydrogen-bond donors (Lipinski definition) is 1. The minimum atomic E-state index is -0.0579. The Kier molecular flexibility index (Phi) is 4.39. The van der Waals surface area contributed by atoms with Crippen molar-refractivity contribution in [1.29, 1.82) is 0 Å². The van der Waals surface area contributed by atoms with Gasteiger partial charge in [0.15, 0.2) is 0 Å². The zero-order valence-electron chi connectivity index (χ0n) is 17.0. The molecule has 1 aliphatic carbocycles. The van der Waals surface area contributed by atoms with Gasteiger partial charge in [-0.25, -0.2) is 0 Å². The molecule has 0 atom stereocenters. The predicted octanol–water partition coefficient (Wildman–Crippen LogP) is 6.19. The number of carbonyl (C=O) groups excluding carboxylic acids is 1. The van der Waals surface area contributed by atoms with E-state index in [0.29, 0.717) is 5.57 Å². The lowest BCUT2D eigenvalue weighted by Crippen LogP contribution is -2.03. The molecule has 3 nitrogen and oxygen atoms in total. The maximum Gasteiger partial charge on any atom is 0.256 e. The molecular weight excluding hydrogens is 358 g/mol. The molecule has 0 spiro atoms. The summed E-state index contributed by atoms with van der Waals surface area (Å²) in [6.07, 6.45) is 7.25. The molecule has 1 aromatic heterocycles. The number of hydrogen-bond acceptors (Lipinski definition) is 2. The minimum Gasteiger partial charge on any atom is -0.461 e. The van der Waals surface area contributed by atoms with Crippen molar-refractivity contribution in [2.24, 2.45) is 0 Å². The Bertz CT molecular complexity index is 1130. The lowest BCUT2D eigenvalue weighted by molar-refractivity contribution is -0.110. The zero-order valence-corrected chi connectivity index (χ0v) is 17.0. The first kappa shape index (κ1) is 18.0. The molecule has 5 rings (SSSR count). The van der Waals surface area contributed by atoms with Gasteiger partial charge in [-0.15, -0.1) is 0 Å². The molecule has 3 heteroatoms. The van der Waals surface area contributed by atoms with Crippen LogP contribution >= 0.6 is 0 Å². The highest BCUT2D eigenvalue weighted by atomic mass is 16.3. The van der Waals surface area contributed by atoms with Gasteiger partial charge in [0.05, 0.1) is 5.57 Å². The van der Waals surface area contributed by atoms with Gasteiger partial charge in [0.25, 0.3) is 5.91 Å². The van der Waals surface area contributed by atoms with Crippen molar-refractivity contribution in [1.82, 2.24) is 0 Å². The van der Waals surface area contributed by atoms with Crippen LogP contribution in [0.4, 0.5) is 5.69 Å². The van der Waals surface area contributed by atoms with Gasteiger partial charge in [0, 0.05) is 28.8 Å². The SMILES string of the molecule is CCc1ccc2c(c1)C(=Cc1oc3c(c1-c1ccc(C)cc1)CCCC3)C(=O)N2. The van der Waals surface area contributed by atoms with Crippen LogP contribution in [0.15, 0.2) is 46.9 Å². The molecule has 0 saturated heterocycles. The molecule has 0 radical (unpaired) electrons. The third-order valence-corrected chi connectivity index (χ3v) is 6.09. The fourth-order valence-electron chi connectivity index (χ4n) is 4.46. The second-order valence-corrected chi connectivity index (χ2v) is 8.06. The van der Waals surface area contributed by atoms with Crippen LogP contribution in [0.5, 0.6) is 0 Å². The standard InChI is InChI=1S/C26H25NO2/c1-3-17-10-13-22-20(14-17)21(26(28)27-22)15-24-25(18-11-8-16(2)9-12-18)19-6-4-5-7-23(19)29-24/h8-15H,3-7H2,1-2H3,(H,27,28). The predicted molar refractivity (Wildman–Crippen MR) is 118 cm³/mol. The average Bonchev–Trinajstić information content (AvgIpc) is 3.25. The highest BCUT2D eigenvalue weighted by Crippen LogP contribution is 2.41. The number of benzene rings is 2. The Labute approximate surface area is 171 Å². The molecule has 2 aliphatic rings. The van der Waals surface area contributed by atoms with E-state index in [0.717, 1.165) is 59.6 Å². The highest BCUT2D eigenvalue weighted by molar-refractivity contribution is 6.35. The lowest BCUT2D eigenvalue weighted by Gasteiger charge is -2.11. The van der Waals surface area contributed by atoms with Gasteiger partial charge < -0.3 is 9.73 Å². The van der Waals surface area contributed by atoms with E-state index in [1.54, 1.807) is 0 Å². The van der Waals surface area contributed by atoms with Crippen molar-refractivity contribution in [3.8, 4) is 11.1 Å². The Morgan fingerprint density at radius 3 is 2.66 bits per heavy atom. The number of furan rings is 1. The van der Waals surface area contributed by atoms with Crippen molar-refractivity contribution in [3.63, 3.8) is 0 Å². The molecular formula is C26H25NO2. The normalized spacial score (nSPS) is 16.6. The molecule has 1 aliphatic heterocycles. The fourth-order valence-corrected chi connectivity index (χ4v) is 4.46. The van der Waals surface area contributed by atoms with E-state index in [2.05, 4.69) is 55.6 Å². The van der Waals surface area contributed by atoms with Crippen LogP contribution in [-0.2, 0) is 24.1 Å². The Morgan fingerprint density at radius 2 is 1.86 bits per heavy atom. The van der Waals surface area contributed by atoms with Gasteiger partial charge in [-0.2, -0.15) is 0 Å². The summed E-state index contributed by atoms with van der Waals surface area (Å²) in [5, 5.41) is 3.00. The number of anilines is 1. The molecule has 0 bridgehead atoms. The summed E-state index contributed by atoms with van der Waals surface area (Å²) >= 11 is 0. The molecule has 2 aromatic carbocycles. The van der Waals surface area contributed by atoms with Crippen molar-refractivity contribution < 1.29 is 9.21 Å². The van der Waals surface area contributed by atoms with E-state index in [1.165, 1.54) is 23.1 Å². The van der Waals surface area contributed by atoms with E-state index in [9.17, 15) is 4.79 Å². The smallest absolute Gasteiger partial charge is 0.256 e. The maximum atomic E-state index is 12.7. The van der Waals surface area contributed by atoms with E-state index < -0.39 is 0 Å². The summed E-state index contributed by atoms with van der Waals surface area (Å²) in [7, 11) is 0. The first-order valence-electron chi connectivity index (χ1n) is 10.5. The molecule has 0 saturated carbocycles. The third kappa shape index (κ3) is 3.11. The maximum absolute atomic E-state index is 12.7. The number of aryl methyl sites for hydroxylation is 3. The van der Waals surface area contributed by atoms with Crippen LogP contribution in [-0.4, -0.2) is 5.91 Å². The number of fused-ring (bicyclic) bond motifs is 2. The molecule has 0 unspecified atom stereocenters. The van der Waals surface area contributed by atoms with Crippen LogP contribution in [0.2, 0.25) is 0 Å². The Balaban J connectivity index is 1.69. The van der Waals surface area contributed by atoms with Crippen molar-refractivity contribution in [3.05, 3.63) is 76.2 Å². The zero-order chi connectivity index (χ0) is 20.0. The van der Waals surface area contributed by atoms with Crippen molar-refractivity contribution in [2.45, 2.75) is 46.0 Å². The van der Waals surface area contributed by atoms with E-state index in [1.807, 2.05) is 12.1 Å². The van der Waals surface area contributed by atoms with Crippen LogP contribution in [0, 0.1) is 6.92 Å². The molecule has 0 fully saturated rings. The number of rotatable bonds is 3. The third-order valence-electron chi connectivity index (χ3n) is 6.09. The van der Waals surface area contributed by atoms with Gasteiger partial charge in [0.2, 0.25) is 0 Å². The Hall–Kier alpha value is -3.07. The van der Waals surface area contributed by atoms with Gasteiger partial charge in [-0.1, -0.05) is 42.8 Å². The summed E-state index contributed by atoms with van der Waals surface area (Å²) in [6, 6.07) is 14.8. The highest BCUT2D eigenvalue weighted by Gasteiger charge is 2.28. The number of nitrogens with one attached hydrogen (secondary N) is 1. The van der Waals surface area contributed by atoms with Gasteiger partial charge in [0.1, 0.15) is 11.5 Å². The van der Waals surface area contributed by atoms with Gasteiger partial charge in [-0.05, 0) is 61.9 Å². The summed E-state index contributed by atoms with van der Waals surface area (Å²) < 4.78 is 6.35. The summed E-state index contributed by atoms with van der Waals surface area (Å²) in [5.74, 6) is 1.83. The largest absolute Gasteiger partial charge is 0.461 e. The van der Waals surface area contributed by atoms with Gasteiger partial charge >= 0.3 is 0 Å². The molecule has 1 N–H and O–H groups in total. The van der Waals surface area contributed by atoms with E-state index in [4.69, 9.17) is 4.42 Å². The van der Waals surface area contributed by atoms with Gasteiger partial charge in [-0.3, -0.25) is 4.79 Å². The van der Waals surface area contributed by atoms with Crippen LogP contribution < -0.4 is 5.32 Å². The van der Waals surface area contributed by atoms with Crippen molar-refractivity contribution >= 4 is 23.2 Å². The Morgan fingerprint density at radius 1 is 1.07 bits per heavy atom. The second-order valence-electron chi connectivity index (χ2n) is 8.06. The van der Waals surface area contributed by atoms with E-state index in [-0.39, 0.29) is 5.91 Å². The van der Waals surface area contributed by atoms with E-state index >= 15 is 0 Å². The number of amides is 1. The molecule has 1 amide bonds. The average molecular weight is 383 g/mol. The number of carbonyl (C=O) groups is 1. The fraction of sp³-hybridized carbons (Fsp3) is 0.269. The van der Waals surface area contributed by atoms with Crippen LogP contribution in [0.25, 0.3) is 22.8 Å². The minimum absolute atomic E-state index is 0.0579. The summed E-state index contributed by atoms with van der Waals surface area (Å²) in [4.78, 5) is 12.7. The molecule has 146 valence electrons. The molecule has 29 heavy (non-hydrogen) atoms. The first-order valence-corrected chi connectivity index (χ1v) is 10.5. The van der Waals surface area contributed by atoms with Crippen molar-refractivity contribution in [2.75, 3.05) is 5.32 Å². The summed E-state index contributed by atoms with van der Waals surface area (Å²) in [6.45, 7) is 4.23. The lowest BCUT2D eigenvalue weighted by atomic mass is 9.90. The molecule has 2 heterocycles. The molecule has 3 aromatic rings. The van der Waals surface area contributed by atoms with Crippen LogP contribution in [0.3, 0.4) is 0 Å². The topological polar surface area (TPSA) is 42.2 Å². The summed E-state index contributed by atoms with van der Waals surface area (Å²) in [5.41, 5.74) is 8.63. The first-order chi connectivity index (χ1) is 14.1. The second kappa shape index (κ2) is 7.07. The van der Waals surface area contributed by atoms with Crippen LogP contribution in [0.1, 0.15) is 53.5 Å².